The lowest BCUT2D eigenvalue weighted by Gasteiger charge is -2.50. The SMILES string of the molecule is C=CC[C@H]1OCC[C@]2(S(=O)(=O)c3ccc(Cl)cc3)c3c(F)ccc(F)c3OC[C@H]12. The van der Waals surface area contributed by atoms with Crippen LogP contribution in [-0.4, -0.2) is 27.7 Å². The maximum atomic E-state index is 15.1. The molecule has 29 heavy (non-hydrogen) atoms. The van der Waals surface area contributed by atoms with E-state index in [-0.39, 0.29) is 35.8 Å². The van der Waals surface area contributed by atoms with E-state index in [2.05, 4.69) is 6.58 Å². The number of halogens is 3. The Bertz CT molecular complexity index is 1060. The van der Waals surface area contributed by atoms with Crippen molar-refractivity contribution in [2.45, 2.75) is 28.6 Å². The molecule has 1 saturated heterocycles. The van der Waals surface area contributed by atoms with Gasteiger partial charge >= 0.3 is 0 Å². The molecule has 0 saturated carbocycles. The molecular formula is C21H19ClF2O4S. The fourth-order valence-corrected chi connectivity index (χ4v) is 6.92. The third kappa shape index (κ3) is 2.98. The Morgan fingerprint density at radius 3 is 2.55 bits per heavy atom. The Kier molecular flexibility index (Phi) is 5.17. The Hall–Kier alpha value is -1.96. The van der Waals surface area contributed by atoms with Crippen LogP contribution in [0.2, 0.25) is 5.02 Å². The second-order valence-electron chi connectivity index (χ2n) is 7.18. The average Bonchev–Trinajstić information content (AvgIpc) is 2.71. The number of hydrogen-bond acceptors (Lipinski definition) is 4. The summed E-state index contributed by atoms with van der Waals surface area (Å²) in [5, 5.41) is 0.374. The summed E-state index contributed by atoms with van der Waals surface area (Å²) in [6, 6.07) is 7.57. The first-order valence-corrected chi connectivity index (χ1v) is 11.0. The fraction of sp³-hybridized carbons (Fsp3) is 0.333. The summed E-state index contributed by atoms with van der Waals surface area (Å²) in [4.78, 5) is -0.0114. The zero-order valence-electron chi connectivity index (χ0n) is 15.4. The number of sulfone groups is 1. The highest BCUT2D eigenvalue weighted by atomic mass is 35.5. The molecule has 0 N–H and O–H groups in total. The van der Waals surface area contributed by atoms with Crippen LogP contribution in [0.1, 0.15) is 18.4 Å². The first-order valence-electron chi connectivity index (χ1n) is 9.17. The first-order chi connectivity index (χ1) is 13.8. The maximum Gasteiger partial charge on any atom is 0.189 e. The molecule has 0 radical (unpaired) electrons. The molecule has 0 aliphatic carbocycles. The Balaban J connectivity index is 2.03. The van der Waals surface area contributed by atoms with Crippen molar-refractivity contribution in [2.75, 3.05) is 13.2 Å². The standard InChI is InChI=1S/C21H19ClF2O4S/c1-2-3-18-15-12-28-20-17(24)9-8-16(23)19(20)21(15,10-11-27-18)29(25,26)14-6-4-13(22)5-7-14/h2,4-9,15,18H,1,3,10-12H2/t15-,18-,21-/m1/s1. The second kappa shape index (κ2) is 7.38. The van der Waals surface area contributed by atoms with Crippen molar-refractivity contribution in [2.24, 2.45) is 5.92 Å². The zero-order valence-corrected chi connectivity index (χ0v) is 17.0. The summed E-state index contributed by atoms with van der Waals surface area (Å²) in [6.45, 7) is 3.67. The van der Waals surface area contributed by atoms with Crippen molar-refractivity contribution in [3.63, 3.8) is 0 Å². The molecule has 2 aromatic carbocycles. The van der Waals surface area contributed by atoms with E-state index in [4.69, 9.17) is 21.1 Å². The van der Waals surface area contributed by atoms with E-state index in [9.17, 15) is 12.8 Å². The predicted molar refractivity (Wildman–Crippen MR) is 105 cm³/mol. The monoisotopic (exact) mass is 440 g/mol. The highest BCUT2D eigenvalue weighted by Crippen LogP contribution is 2.55. The van der Waals surface area contributed by atoms with Crippen LogP contribution in [0.5, 0.6) is 5.75 Å². The van der Waals surface area contributed by atoms with Crippen LogP contribution < -0.4 is 4.74 Å². The van der Waals surface area contributed by atoms with Crippen molar-refractivity contribution >= 4 is 21.4 Å². The van der Waals surface area contributed by atoms with Crippen LogP contribution in [0.15, 0.2) is 53.9 Å². The molecule has 0 aromatic heterocycles. The Morgan fingerprint density at radius 2 is 1.86 bits per heavy atom. The second-order valence-corrected chi connectivity index (χ2v) is 9.82. The molecule has 2 aliphatic heterocycles. The molecule has 0 amide bonds. The molecule has 2 aliphatic rings. The normalized spacial score (nSPS) is 26.2. The molecule has 0 spiro atoms. The number of hydrogen-bond donors (Lipinski definition) is 0. The zero-order chi connectivity index (χ0) is 20.8. The molecular weight excluding hydrogens is 422 g/mol. The van der Waals surface area contributed by atoms with Gasteiger partial charge in [0.25, 0.3) is 0 Å². The van der Waals surface area contributed by atoms with Gasteiger partial charge in [-0.3, -0.25) is 0 Å². The van der Waals surface area contributed by atoms with Crippen LogP contribution in [0.25, 0.3) is 0 Å². The molecule has 4 nitrogen and oxygen atoms in total. The molecule has 0 unspecified atom stereocenters. The van der Waals surface area contributed by atoms with Gasteiger partial charge in [0, 0.05) is 17.5 Å². The van der Waals surface area contributed by atoms with Crippen LogP contribution in [0.4, 0.5) is 8.78 Å². The van der Waals surface area contributed by atoms with E-state index in [1.807, 2.05) is 0 Å². The summed E-state index contributed by atoms with van der Waals surface area (Å²) in [5.74, 6) is -2.70. The number of ether oxygens (including phenoxy) is 2. The van der Waals surface area contributed by atoms with Crippen molar-refractivity contribution in [1.82, 2.24) is 0 Å². The van der Waals surface area contributed by atoms with E-state index >= 15 is 4.39 Å². The lowest BCUT2D eigenvalue weighted by Crippen LogP contribution is -2.57. The average molecular weight is 441 g/mol. The molecule has 1 fully saturated rings. The van der Waals surface area contributed by atoms with Crippen LogP contribution in [0.3, 0.4) is 0 Å². The van der Waals surface area contributed by atoms with Gasteiger partial charge in [0.15, 0.2) is 21.4 Å². The van der Waals surface area contributed by atoms with Crippen LogP contribution >= 0.6 is 11.6 Å². The molecule has 2 heterocycles. The minimum absolute atomic E-state index is 0.0114. The minimum atomic E-state index is -4.16. The van der Waals surface area contributed by atoms with Gasteiger partial charge in [-0.05, 0) is 49.2 Å². The lowest BCUT2D eigenvalue weighted by atomic mass is 9.75. The van der Waals surface area contributed by atoms with Gasteiger partial charge in [-0.2, -0.15) is 0 Å². The number of fused-ring (bicyclic) bond motifs is 3. The highest BCUT2D eigenvalue weighted by Gasteiger charge is 2.61. The number of rotatable bonds is 4. The predicted octanol–water partition coefficient (Wildman–Crippen LogP) is 4.66. The third-order valence-electron chi connectivity index (χ3n) is 5.74. The van der Waals surface area contributed by atoms with Gasteiger partial charge in [-0.1, -0.05) is 17.7 Å². The van der Waals surface area contributed by atoms with Crippen molar-refractivity contribution in [3.8, 4) is 5.75 Å². The third-order valence-corrected chi connectivity index (χ3v) is 8.56. The summed E-state index contributed by atoms with van der Waals surface area (Å²) in [6.07, 6.45) is 1.40. The van der Waals surface area contributed by atoms with Crippen molar-refractivity contribution in [3.05, 3.63) is 71.3 Å². The van der Waals surface area contributed by atoms with Gasteiger partial charge in [0.2, 0.25) is 0 Å². The van der Waals surface area contributed by atoms with Crippen LogP contribution in [-0.2, 0) is 19.3 Å². The van der Waals surface area contributed by atoms with Crippen molar-refractivity contribution < 1.29 is 26.7 Å². The minimum Gasteiger partial charge on any atom is -0.490 e. The van der Waals surface area contributed by atoms with Crippen molar-refractivity contribution in [1.29, 1.82) is 0 Å². The van der Waals surface area contributed by atoms with E-state index in [1.165, 1.54) is 24.3 Å². The maximum absolute atomic E-state index is 15.1. The van der Waals surface area contributed by atoms with Gasteiger partial charge in [-0.25, -0.2) is 17.2 Å². The molecule has 2 aromatic rings. The highest BCUT2D eigenvalue weighted by molar-refractivity contribution is 7.92. The quantitative estimate of drug-likeness (QED) is 0.649. The lowest BCUT2D eigenvalue weighted by molar-refractivity contribution is -0.0704. The topological polar surface area (TPSA) is 52.6 Å². The summed E-state index contributed by atoms with van der Waals surface area (Å²) in [5.41, 5.74) is -0.263. The van der Waals surface area contributed by atoms with E-state index < -0.39 is 38.2 Å². The fourth-order valence-electron chi connectivity index (χ4n) is 4.45. The molecule has 0 bridgehead atoms. The summed E-state index contributed by atoms with van der Waals surface area (Å²) in [7, 11) is -4.16. The molecule has 8 heteroatoms. The summed E-state index contributed by atoms with van der Waals surface area (Å²) < 4.78 is 67.1. The molecule has 4 rings (SSSR count). The van der Waals surface area contributed by atoms with Gasteiger partial charge < -0.3 is 9.47 Å². The molecule has 154 valence electrons. The van der Waals surface area contributed by atoms with Gasteiger partial charge in [0.05, 0.1) is 23.2 Å². The van der Waals surface area contributed by atoms with Gasteiger partial charge in [0.1, 0.15) is 10.6 Å². The smallest absolute Gasteiger partial charge is 0.189 e. The van der Waals surface area contributed by atoms with E-state index in [0.717, 1.165) is 12.1 Å². The Labute approximate surface area is 173 Å². The number of benzene rings is 2. The van der Waals surface area contributed by atoms with E-state index in [0.29, 0.717) is 11.4 Å². The van der Waals surface area contributed by atoms with Crippen LogP contribution in [0, 0.1) is 17.6 Å². The Morgan fingerprint density at radius 1 is 1.17 bits per heavy atom. The first kappa shape index (κ1) is 20.3. The van der Waals surface area contributed by atoms with Gasteiger partial charge in [-0.15, -0.1) is 6.58 Å². The largest absolute Gasteiger partial charge is 0.490 e. The molecule has 3 atom stereocenters. The van der Waals surface area contributed by atoms with E-state index in [1.54, 1.807) is 6.08 Å². The summed E-state index contributed by atoms with van der Waals surface area (Å²) >= 11 is 5.92.